The zero-order valence-electron chi connectivity index (χ0n) is 23.1. The molecule has 0 saturated heterocycles. The number of Topliss-reactive ketones (excluding diaryl/α,β-unsaturated/α-hetero) is 1. The maximum Gasteiger partial charge on any atom is 0.305 e. The molecule has 12 nitrogen and oxygen atoms in total. The van der Waals surface area contributed by atoms with E-state index >= 15 is 4.39 Å². The molecule has 2 heterocycles. The number of amides is 1. The fourth-order valence-electron chi connectivity index (χ4n) is 3.94. The van der Waals surface area contributed by atoms with Crippen molar-refractivity contribution >= 4 is 66.6 Å². The lowest BCUT2D eigenvalue weighted by atomic mass is 10.2. The number of carbonyl (C=O) groups excluding carboxylic acids is 2. The van der Waals surface area contributed by atoms with Crippen LogP contribution in [0.15, 0.2) is 24.3 Å². The second kappa shape index (κ2) is 14.1. The van der Waals surface area contributed by atoms with Gasteiger partial charge in [0.1, 0.15) is 5.52 Å². The number of benzene rings is 2. The largest absolute Gasteiger partial charge is 0.493 e. The third-order valence-electron chi connectivity index (χ3n) is 6.01. The number of hydrogen-bond donors (Lipinski definition) is 3. The predicted molar refractivity (Wildman–Crippen MR) is 156 cm³/mol. The SMILES string of the molecule is COc1cc2cc(C(=O)NCCC(=O)O)sc2cc1OCCCOc1c(OC)cc2sc(C(=O)CCC(=O)O)nc2c1F. The number of ether oxygens (including phenoxy) is 4. The number of halogens is 1. The number of hydrogen-bond acceptors (Lipinski definition) is 11. The van der Waals surface area contributed by atoms with Crippen LogP contribution in [0.3, 0.4) is 0 Å². The van der Waals surface area contributed by atoms with Crippen molar-refractivity contribution in [3.63, 3.8) is 0 Å². The minimum absolute atomic E-state index is 0.00495. The number of carboxylic acids is 2. The highest BCUT2D eigenvalue weighted by molar-refractivity contribution is 7.21. The van der Waals surface area contributed by atoms with E-state index in [1.54, 1.807) is 18.2 Å². The van der Waals surface area contributed by atoms with Gasteiger partial charge in [0, 0.05) is 36.2 Å². The molecule has 0 radical (unpaired) electrons. The summed E-state index contributed by atoms with van der Waals surface area (Å²) in [7, 11) is 2.84. The molecule has 15 heteroatoms. The van der Waals surface area contributed by atoms with Gasteiger partial charge < -0.3 is 34.5 Å². The number of thiazole rings is 1. The van der Waals surface area contributed by atoms with Crippen LogP contribution in [0.2, 0.25) is 0 Å². The maximum absolute atomic E-state index is 15.3. The van der Waals surface area contributed by atoms with Crippen LogP contribution in [0.1, 0.15) is 45.2 Å². The van der Waals surface area contributed by atoms with E-state index in [0.717, 1.165) is 21.4 Å². The molecule has 2 aromatic heterocycles. The Labute approximate surface area is 252 Å². The van der Waals surface area contributed by atoms with E-state index in [2.05, 4.69) is 10.3 Å². The van der Waals surface area contributed by atoms with Crippen LogP contribution >= 0.6 is 22.7 Å². The quantitative estimate of drug-likeness (QED) is 0.115. The van der Waals surface area contributed by atoms with Gasteiger partial charge >= 0.3 is 11.9 Å². The molecule has 0 spiro atoms. The van der Waals surface area contributed by atoms with Crippen LogP contribution in [0.5, 0.6) is 23.0 Å². The Kier molecular flexibility index (Phi) is 10.3. The Hall–Kier alpha value is -4.50. The molecule has 1 amide bonds. The highest BCUT2D eigenvalue weighted by Gasteiger charge is 2.22. The number of nitrogens with zero attached hydrogens (tertiary/aromatic N) is 1. The molecule has 0 unspecified atom stereocenters. The fourth-order valence-corrected chi connectivity index (χ4v) is 5.89. The summed E-state index contributed by atoms with van der Waals surface area (Å²) in [4.78, 5) is 50.6. The van der Waals surface area contributed by atoms with Crippen molar-refractivity contribution in [2.75, 3.05) is 34.0 Å². The van der Waals surface area contributed by atoms with Crippen LogP contribution in [0, 0.1) is 5.82 Å². The van der Waals surface area contributed by atoms with E-state index < -0.39 is 23.5 Å². The third-order valence-corrected chi connectivity index (χ3v) is 8.15. The van der Waals surface area contributed by atoms with E-state index in [4.69, 9.17) is 29.2 Å². The molecule has 2 aromatic carbocycles. The molecule has 228 valence electrons. The lowest BCUT2D eigenvalue weighted by Crippen LogP contribution is -2.25. The van der Waals surface area contributed by atoms with E-state index in [1.165, 1.54) is 31.6 Å². The Bertz CT molecular complexity index is 1680. The Morgan fingerprint density at radius 1 is 0.860 bits per heavy atom. The van der Waals surface area contributed by atoms with Crippen molar-refractivity contribution in [1.82, 2.24) is 10.3 Å². The summed E-state index contributed by atoms with van der Waals surface area (Å²) in [5.74, 6) is -2.95. The molecule has 0 bridgehead atoms. The van der Waals surface area contributed by atoms with Crippen LogP contribution < -0.4 is 24.3 Å². The summed E-state index contributed by atoms with van der Waals surface area (Å²) in [5, 5.41) is 20.9. The van der Waals surface area contributed by atoms with Gasteiger partial charge in [-0.05, 0) is 17.5 Å². The van der Waals surface area contributed by atoms with Gasteiger partial charge in [0.2, 0.25) is 0 Å². The van der Waals surface area contributed by atoms with Crippen molar-refractivity contribution in [2.24, 2.45) is 0 Å². The van der Waals surface area contributed by atoms with Gasteiger partial charge in [-0.1, -0.05) is 0 Å². The first-order chi connectivity index (χ1) is 20.6. The number of thiophene rings is 1. The molecule has 0 aliphatic rings. The number of carbonyl (C=O) groups is 4. The first kappa shape index (κ1) is 31.4. The molecular weight excluding hydrogens is 607 g/mol. The lowest BCUT2D eigenvalue weighted by Gasteiger charge is -2.13. The highest BCUT2D eigenvalue weighted by atomic mass is 32.1. The summed E-state index contributed by atoms with van der Waals surface area (Å²) < 4.78 is 38.7. The van der Waals surface area contributed by atoms with Gasteiger partial charge in [-0.3, -0.25) is 19.2 Å². The number of methoxy groups -OCH3 is 2. The Morgan fingerprint density at radius 2 is 1.56 bits per heavy atom. The minimum Gasteiger partial charge on any atom is -0.493 e. The van der Waals surface area contributed by atoms with Crippen molar-refractivity contribution < 1.29 is 52.7 Å². The van der Waals surface area contributed by atoms with Gasteiger partial charge in [-0.15, -0.1) is 22.7 Å². The highest BCUT2D eigenvalue weighted by Crippen LogP contribution is 2.39. The Balaban J connectivity index is 1.38. The molecule has 3 N–H and O–H groups in total. The number of fused-ring (bicyclic) bond motifs is 2. The number of rotatable bonds is 16. The first-order valence-electron chi connectivity index (χ1n) is 12.9. The number of nitrogens with one attached hydrogen (secondary N) is 1. The summed E-state index contributed by atoms with van der Waals surface area (Å²) in [6.07, 6.45) is -0.423. The number of aromatic nitrogens is 1. The van der Waals surface area contributed by atoms with Gasteiger partial charge in [0.15, 0.2) is 39.6 Å². The molecule has 4 aromatic rings. The maximum atomic E-state index is 15.3. The smallest absolute Gasteiger partial charge is 0.305 e. The fraction of sp³-hybridized carbons (Fsp3) is 0.321. The number of ketones is 1. The first-order valence-corrected chi connectivity index (χ1v) is 14.5. The Morgan fingerprint density at radius 3 is 2.26 bits per heavy atom. The van der Waals surface area contributed by atoms with Crippen LogP contribution in [-0.4, -0.2) is 72.8 Å². The van der Waals surface area contributed by atoms with Crippen molar-refractivity contribution in [3.05, 3.63) is 40.0 Å². The van der Waals surface area contributed by atoms with E-state index in [9.17, 15) is 19.2 Å². The molecule has 0 aliphatic heterocycles. The van der Waals surface area contributed by atoms with E-state index in [-0.39, 0.29) is 67.0 Å². The summed E-state index contributed by atoms with van der Waals surface area (Å²) in [6, 6.07) is 6.67. The summed E-state index contributed by atoms with van der Waals surface area (Å²) in [5.41, 5.74) is -0.0698. The zero-order chi connectivity index (χ0) is 31.1. The zero-order valence-corrected chi connectivity index (χ0v) is 24.7. The molecule has 0 aliphatic carbocycles. The van der Waals surface area contributed by atoms with Gasteiger partial charge in [-0.25, -0.2) is 9.37 Å². The lowest BCUT2D eigenvalue weighted by molar-refractivity contribution is -0.137. The molecular formula is C28H27FN2O10S2. The third kappa shape index (κ3) is 7.67. The second-order valence-corrected chi connectivity index (χ2v) is 11.1. The topological polar surface area (TPSA) is 171 Å². The average Bonchev–Trinajstić information content (AvgIpc) is 3.60. The van der Waals surface area contributed by atoms with E-state index in [0.29, 0.717) is 27.5 Å². The van der Waals surface area contributed by atoms with Crippen molar-refractivity contribution in [2.45, 2.75) is 25.7 Å². The molecule has 0 atom stereocenters. The number of aliphatic carboxylic acids is 2. The van der Waals surface area contributed by atoms with Gasteiger partial charge in [0.05, 0.1) is 49.9 Å². The molecule has 4 rings (SSSR count). The minimum atomic E-state index is -1.11. The van der Waals surface area contributed by atoms with Crippen LogP contribution in [-0.2, 0) is 9.59 Å². The molecule has 43 heavy (non-hydrogen) atoms. The normalized spacial score (nSPS) is 11.0. The van der Waals surface area contributed by atoms with Crippen molar-refractivity contribution in [1.29, 1.82) is 0 Å². The number of carboxylic acid groups (broad SMARTS) is 2. The monoisotopic (exact) mass is 634 g/mol. The van der Waals surface area contributed by atoms with Gasteiger partial charge in [-0.2, -0.15) is 0 Å². The molecule has 0 fully saturated rings. The standard InChI is InChI=1S/C28H27FN2O10S2/c1-38-16-10-14-11-21(27(37)30-7-6-23(35)36)42-19(14)12-17(16)40-8-3-9-41-26-18(39-2)13-20-25(24(26)29)31-28(43-20)15(32)4-5-22(33)34/h10-13H,3-9H2,1-2H3,(H,30,37)(H,33,34)(H,35,36). The van der Waals surface area contributed by atoms with E-state index in [1.807, 2.05) is 0 Å². The van der Waals surface area contributed by atoms with Crippen LogP contribution in [0.25, 0.3) is 20.3 Å². The average molecular weight is 635 g/mol. The predicted octanol–water partition coefficient (Wildman–Crippen LogP) is 4.77. The molecule has 0 saturated carbocycles. The van der Waals surface area contributed by atoms with Crippen LogP contribution in [0.4, 0.5) is 4.39 Å². The van der Waals surface area contributed by atoms with Crippen molar-refractivity contribution in [3.8, 4) is 23.0 Å². The summed E-state index contributed by atoms with van der Waals surface area (Å²) >= 11 is 2.17. The summed E-state index contributed by atoms with van der Waals surface area (Å²) in [6.45, 7) is 0.253. The van der Waals surface area contributed by atoms with Gasteiger partial charge in [0.25, 0.3) is 5.91 Å². The second-order valence-electron chi connectivity index (χ2n) is 9.01.